The first kappa shape index (κ1) is 16.2. The van der Waals surface area contributed by atoms with E-state index in [0.29, 0.717) is 31.2 Å². The van der Waals surface area contributed by atoms with E-state index in [2.05, 4.69) is 10.1 Å². The van der Waals surface area contributed by atoms with Crippen LogP contribution in [0.25, 0.3) is 0 Å². The van der Waals surface area contributed by atoms with Crippen LogP contribution in [0, 0.1) is 5.92 Å². The summed E-state index contributed by atoms with van der Waals surface area (Å²) in [6, 6.07) is 10.00. The van der Waals surface area contributed by atoms with Gasteiger partial charge in [0.1, 0.15) is 0 Å². The van der Waals surface area contributed by atoms with E-state index in [0.717, 1.165) is 5.56 Å². The number of carbonyl (C=O) groups excluding carboxylic acids is 1. The predicted octanol–water partition coefficient (Wildman–Crippen LogP) is 1.90. The molecule has 118 valence electrons. The number of esters is 1. The van der Waals surface area contributed by atoms with Gasteiger partial charge in [0.15, 0.2) is 5.82 Å². The molecule has 6 heteroatoms. The number of ether oxygens (including phenoxy) is 1. The maximum absolute atomic E-state index is 11.4. The minimum absolute atomic E-state index is 0.193. The fourth-order valence-corrected chi connectivity index (χ4v) is 2.24. The summed E-state index contributed by atoms with van der Waals surface area (Å²) in [6.07, 6.45) is 0.645. The molecule has 1 aromatic heterocycles. The second-order valence-electron chi connectivity index (χ2n) is 5.39. The lowest BCUT2D eigenvalue weighted by Gasteiger charge is -2.17. The highest BCUT2D eigenvalue weighted by Crippen LogP contribution is 2.09. The minimum Gasteiger partial charge on any atom is -0.469 e. The number of hydrogen-bond acceptors (Lipinski definition) is 6. The van der Waals surface area contributed by atoms with Crippen LogP contribution < -0.4 is 0 Å². The predicted molar refractivity (Wildman–Crippen MR) is 81.1 cm³/mol. The van der Waals surface area contributed by atoms with Gasteiger partial charge in [-0.3, -0.25) is 9.69 Å². The second-order valence-corrected chi connectivity index (χ2v) is 5.39. The minimum atomic E-state index is -0.220. The number of nitrogens with zero attached hydrogens (tertiary/aromatic N) is 3. The first-order valence-electron chi connectivity index (χ1n) is 7.20. The van der Waals surface area contributed by atoms with Crippen molar-refractivity contribution < 1.29 is 14.1 Å². The lowest BCUT2D eigenvalue weighted by atomic mass is 10.1. The second kappa shape index (κ2) is 7.70. The zero-order valence-electron chi connectivity index (χ0n) is 13.2. The molecule has 0 saturated carbocycles. The summed E-state index contributed by atoms with van der Waals surface area (Å²) in [5.74, 6) is 0.796. The summed E-state index contributed by atoms with van der Waals surface area (Å²) in [4.78, 5) is 17.7. The van der Waals surface area contributed by atoms with Gasteiger partial charge in [-0.15, -0.1) is 0 Å². The molecule has 0 N–H and O–H groups in total. The van der Waals surface area contributed by atoms with Crippen LogP contribution >= 0.6 is 0 Å². The number of hydrogen-bond donors (Lipinski definition) is 0. The van der Waals surface area contributed by atoms with E-state index < -0.39 is 0 Å². The van der Waals surface area contributed by atoms with E-state index in [-0.39, 0.29) is 11.9 Å². The topological polar surface area (TPSA) is 68.5 Å². The van der Waals surface area contributed by atoms with Gasteiger partial charge in [-0.05, 0) is 12.6 Å². The first-order chi connectivity index (χ1) is 10.6. The molecule has 22 heavy (non-hydrogen) atoms. The van der Waals surface area contributed by atoms with Crippen molar-refractivity contribution in [3.8, 4) is 0 Å². The number of methoxy groups -OCH3 is 1. The number of benzene rings is 1. The van der Waals surface area contributed by atoms with Gasteiger partial charge >= 0.3 is 5.97 Å². The van der Waals surface area contributed by atoms with Gasteiger partial charge in [-0.2, -0.15) is 4.98 Å². The van der Waals surface area contributed by atoms with Crippen molar-refractivity contribution in [3.63, 3.8) is 0 Å². The standard InChI is InChI=1S/C16H21N3O3/c1-12(16(20)21-3)10-19(2)11-15-17-14(18-22-15)9-13-7-5-4-6-8-13/h4-8,12H,9-11H2,1-3H3/t12-/m0/s1. The molecule has 2 rings (SSSR count). The third-order valence-electron chi connectivity index (χ3n) is 3.31. The Labute approximate surface area is 130 Å². The maximum Gasteiger partial charge on any atom is 0.309 e. The van der Waals surface area contributed by atoms with Crippen LogP contribution in [-0.4, -0.2) is 41.7 Å². The van der Waals surface area contributed by atoms with E-state index >= 15 is 0 Å². The van der Waals surface area contributed by atoms with E-state index in [1.54, 1.807) is 0 Å². The van der Waals surface area contributed by atoms with Crippen LogP contribution in [0.3, 0.4) is 0 Å². The molecule has 1 aromatic carbocycles. The fourth-order valence-electron chi connectivity index (χ4n) is 2.24. The van der Waals surface area contributed by atoms with Crippen LogP contribution in [0.2, 0.25) is 0 Å². The molecule has 1 atom stereocenters. The molecule has 2 aromatic rings. The van der Waals surface area contributed by atoms with Gasteiger partial charge in [-0.25, -0.2) is 0 Å². The maximum atomic E-state index is 11.4. The van der Waals surface area contributed by atoms with Gasteiger partial charge in [-0.1, -0.05) is 42.4 Å². The zero-order chi connectivity index (χ0) is 15.9. The number of carbonyl (C=O) groups is 1. The van der Waals surface area contributed by atoms with Crippen molar-refractivity contribution in [1.82, 2.24) is 15.0 Å². The molecule has 0 bridgehead atoms. The quantitative estimate of drug-likeness (QED) is 0.728. The van der Waals surface area contributed by atoms with Crippen LogP contribution in [0.15, 0.2) is 34.9 Å². The van der Waals surface area contributed by atoms with Gasteiger partial charge in [0, 0.05) is 13.0 Å². The van der Waals surface area contributed by atoms with Crippen LogP contribution in [0.1, 0.15) is 24.2 Å². The zero-order valence-corrected chi connectivity index (χ0v) is 13.2. The highest BCUT2D eigenvalue weighted by molar-refractivity contribution is 5.72. The van der Waals surface area contributed by atoms with Crippen molar-refractivity contribution in [2.24, 2.45) is 5.92 Å². The Balaban J connectivity index is 1.87. The normalized spacial score (nSPS) is 12.4. The Morgan fingerprint density at radius 2 is 2.09 bits per heavy atom. The smallest absolute Gasteiger partial charge is 0.309 e. The summed E-state index contributed by atoms with van der Waals surface area (Å²) < 4.78 is 9.97. The Kier molecular flexibility index (Phi) is 5.66. The van der Waals surface area contributed by atoms with Crippen molar-refractivity contribution in [1.29, 1.82) is 0 Å². The largest absolute Gasteiger partial charge is 0.469 e. The van der Waals surface area contributed by atoms with Gasteiger partial charge in [0.2, 0.25) is 5.89 Å². The SMILES string of the molecule is COC(=O)[C@@H](C)CN(C)Cc1nc(Cc2ccccc2)no1. The lowest BCUT2D eigenvalue weighted by molar-refractivity contribution is -0.145. The molecule has 0 amide bonds. The summed E-state index contributed by atoms with van der Waals surface area (Å²) in [5.41, 5.74) is 1.14. The Bertz CT molecular complexity index is 598. The Morgan fingerprint density at radius 1 is 1.36 bits per heavy atom. The molecule has 0 aliphatic rings. The highest BCUT2D eigenvalue weighted by atomic mass is 16.5. The molecule has 0 unspecified atom stereocenters. The molecular formula is C16H21N3O3. The molecule has 0 aliphatic heterocycles. The van der Waals surface area contributed by atoms with E-state index in [1.807, 2.05) is 49.2 Å². The van der Waals surface area contributed by atoms with Crippen molar-refractivity contribution in [3.05, 3.63) is 47.6 Å². The van der Waals surface area contributed by atoms with Crippen LogP contribution in [0.5, 0.6) is 0 Å². The Morgan fingerprint density at radius 3 is 2.77 bits per heavy atom. The molecule has 0 fully saturated rings. The van der Waals surface area contributed by atoms with Crippen molar-refractivity contribution in [2.45, 2.75) is 19.9 Å². The van der Waals surface area contributed by atoms with Gasteiger partial charge in [0.05, 0.1) is 19.6 Å². The highest BCUT2D eigenvalue weighted by Gasteiger charge is 2.17. The first-order valence-corrected chi connectivity index (χ1v) is 7.20. The van der Waals surface area contributed by atoms with Crippen LogP contribution in [0.4, 0.5) is 0 Å². The molecule has 1 heterocycles. The summed E-state index contributed by atoms with van der Waals surface area (Å²) in [5, 5.41) is 3.99. The van der Waals surface area contributed by atoms with Crippen molar-refractivity contribution >= 4 is 5.97 Å². The van der Waals surface area contributed by atoms with E-state index in [9.17, 15) is 4.79 Å². The average molecular weight is 303 g/mol. The molecule has 0 aliphatic carbocycles. The summed E-state index contributed by atoms with van der Waals surface area (Å²) >= 11 is 0. The van der Waals surface area contributed by atoms with E-state index in [1.165, 1.54) is 7.11 Å². The summed E-state index contributed by atoms with van der Waals surface area (Å²) in [6.45, 7) is 2.91. The average Bonchev–Trinajstić information content (AvgIpc) is 2.94. The summed E-state index contributed by atoms with van der Waals surface area (Å²) in [7, 11) is 3.30. The van der Waals surface area contributed by atoms with E-state index in [4.69, 9.17) is 9.26 Å². The van der Waals surface area contributed by atoms with Crippen LogP contribution in [-0.2, 0) is 22.5 Å². The number of aromatic nitrogens is 2. The monoisotopic (exact) mass is 303 g/mol. The third-order valence-corrected chi connectivity index (χ3v) is 3.31. The van der Waals surface area contributed by atoms with Gasteiger partial charge < -0.3 is 9.26 Å². The van der Waals surface area contributed by atoms with Crippen molar-refractivity contribution in [2.75, 3.05) is 20.7 Å². The molecule has 0 radical (unpaired) electrons. The fraction of sp³-hybridized carbons (Fsp3) is 0.438. The molecule has 6 nitrogen and oxygen atoms in total. The molecule has 0 spiro atoms. The third kappa shape index (κ3) is 4.66. The molecule has 0 saturated heterocycles. The number of rotatable bonds is 7. The van der Waals surface area contributed by atoms with Gasteiger partial charge in [0.25, 0.3) is 0 Å². The lowest BCUT2D eigenvalue weighted by Crippen LogP contribution is -2.29. The Hall–Kier alpha value is -2.21. The molecular weight excluding hydrogens is 282 g/mol.